The molecule has 1 aliphatic rings. The number of nitro groups is 1. The number of nitro benzene ring substituents is 1. The molecule has 0 aromatic heterocycles. The van der Waals surface area contributed by atoms with E-state index in [0.717, 1.165) is 5.56 Å². The summed E-state index contributed by atoms with van der Waals surface area (Å²) in [5.74, 6) is 0.597. The van der Waals surface area contributed by atoms with Gasteiger partial charge in [0.05, 0.1) is 4.92 Å². The molecule has 0 radical (unpaired) electrons. The van der Waals surface area contributed by atoms with Crippen LogP contribution in [0.1, 0.15) is 12.0 Å². The smallest absolute Gasteiger partial charge is 0.315 e. The summed E-state index contributed by atoms with van der Waals surface area (Å²) >= 11 is 0. The molecule has 16 heavy (non-hydrogen) atoms. The molecule has 0 unspecified atom stereocenters. The van der Waals surface area contributed by atoms with Gasteiger partial charge in [0.1, 0.15) is 0 Å². The first-order valence-corrected chi connectivity index (χ1v) is 4.90. The highest BCUT2D eigenvalue weighted by molar-refractivity contribution is 5.59. The highest BCUT2D eigenvalue weighted by atomic mass is 16.7. The van der Waals surface area contributed by atoms with Crippen molar-refractivity contribution in [2.24, 2.45) is 0 Å². The average Bonchev–Trinajstić information content (AvgIpc) is 2.72. The molecule has 1 aromatic carbocycles. The van der Waals surface area contributed by atoms with Crippen molar-refractivity contribution in [3.8, 4) is 11.5 Å². The molecule has 1 aromatic rings. The standard InChI is InChI=1S/C10H11NO5/c12-3-1-2-7-4-8(11(13)14)10-9(5-7)15-6-16-10/h4-5,12H,1-3,6H2. The first-order chi connectivity index (χ1) is 7.72. The van der Waals surface area contributed by atoms with E-state index in [1.165, 1.54) is 6.07 Å². The Morgan fingerprint density at radius 3 is 2.94 bits per heavy atom. The highest BCUT2D eigenvalue weighted by Gasteiger charge is 2.26. The molecular weight excluding hydrogens is 214 g/mol. The molecule has 1 N–H and O–H groups in total. The number of hydrogen-bond donors (Lipinski definition) is 1. The molecule has 0 spiro atoms. The Hall–Kier alpha value is -1.82. The normalized spacial score (nSPS) is 12.8. The van der Waals surface area contributed by atoms with Gasteiger partial charge in [-0.15, -0.1) is 0 Å². The fourth-order valence-corrected chi connectivity index (χ4v) is 1.61. The van der Waals surface area contributed by atoms with Crippen LogP contribution in [0.2, 0.25) is 0 Å². The van der Waals surface area contributed by atoms with Gasteiger partial charge in [0.2, 0.25) is 12.5 Å². The Morgan fingerprint density at radius 2 is 2.25 bits per heavy atom. The van der Waals surface area contributed by atoms with Crippen LogP contribution in [0.3, 0.4) is 0 Å². The number of aliphatic hydroxyl groups is 1. The maximum absolute atomic E-state index is 10.8. The van der Waals surface area contributed by atoms with Crippen molar-refractivity contribution in [1.82, 2.24) is 0 Å². The predicted molar refractivity (Wildman–Crippen MR) is 54.6 cm³/mol. The zero-order valence-electron chi connectivity index (χ0n) is 8.51. The summed E-state index contributed by atoms with van der Waals surface area (Å²) < 4.78 is 10.2. The molecule has 0 atom stereocenters. The molecule has 2 rings (SSSR count). The Bertz CT molecular complexity index is 418. The SMILES string of the molecule is O=[N+]([O-])c1cc(CCCO)cc2c1OCO2. The lowest BCUT2D eigenvalue weighted by atomic mass is 10.1. The van der Waals surface area contributed by atoms with Gasteiger partial charge in [0.15, 0.2) is 5.75 Å². The second kappa shape index (κ2) is 4.36. The van der Waals surface area contributed by atoms with Gasteiger partial charge in [0.25, 0.3) is 0 Å². The van der Waals surface area contributed by atoms with Gasteiger partial charge in [-0.1, -0.05) is 0 Å². The van der Waals surface area contributed by atoms with Gasteiger partial charge in [-0.2, -0.15) is 0 Å². The van der Waals surface area contributed by atoms with E-state index in [1.54, 1.807) is 6.07 Å². The quantitative estimate of drug-likeness (QED) is 0.616. The largest absolute Gasteiger partial charge is 0.453 e. The molecule has 0 amide bonds. The van der Waals surface area contributed by atoms with E-state index in [0.29, 0.717) is 18.6 Å². The number of ether oxygens (including phenoxy) is 2. The molecule has 0 saturated heterocycles. The van der Waals surface area contributed by atoms with E-state index in [9.17, 15) is 10.1 Å². The third kappa shape index (κ3) is 1.92. The van der Waals surface area contributed by atoms with Crippen molar-refractivity contribution in [3.63, 3.8) is 0 Å². The number of aliphatic hydroxyl groups excluding tert-OH is 1. The number of aryl methyl sites for hydroxylation is 1. The second-order valence-corrected chi connectivity index (χ2v) is 3.43. The molecule has 0 fully saturated rings. The number of rotatable bonds is 4. The fourth-order valence-electron chi connectivity index (χ4n) is 1.61. The van der Waals surface area contributed by atoms with Gasteiger partial charge < -0.3 is 14.6 Å². The summed E-state index contributed by atoms with van der Waals surface area (Å²) in [5, 5.41) is 19.5. The molecule has 1 aliphatic heterocycles. The minimum atomic E-state index is -0.490. The molecular formula is C10H11NO5. The van der Waals surface area contributed by atoms with Crippen LogP contribution in [0.25, 0.3) is 0 Å². The zero-order chi connectivity index (χ0) is 11.5. The van der Waals surface area contributed by atoms with Crippen LogP contribution >= 0.6 is 0 Å². The summed E-state index contributed by atoms with van der Waals surface area (Å²) in [6.45, 7) is 0.0713. The molecule has 0 aliphatic carbocycles. The van der Waals surface area contributed by atoms with Crippen LogP contribution in [0, 0.1) is 10.1 Å². The maximum Gasteiger partial charge on any atom is 0.315 e. The van der Waals surface area contributed by atoms with Crippen LogP contribution in [0.4, 0.5) is 5.69 Å². The molecule has 6 nitrogen and oxygen atoms in total. The zero-order valence-corrected chi connectivity index (χ0v) is 8.51. The molecule has 1 heterocycles. The van der Waals surface area contributed by atoms with Gasteiger partial charge in [-0.3, -0.25) is 10.1 Å². The van der Waals surface area contributed by atoms with Gasteiger partial charge in [0, 0.05) is 12.7 Å². The molecule has 86 valence electrons. The summed E-state index contributed by atoms with van der Waals surface area (Å²) in [5.41, 5.74) is 0.688. The van der Waals surface area contributed by atoms with Gasteiger partial charge in [-0.25, -0.2) is 0 Å². The van der Waals surface area contributed by atoms with Gasteiger partial charge >= 0.3 is 5.69 Å². The summed E-state index contributed by atoms with van der Waals surface area (Å²) in [4.78, 5) is 10.3. The van der Waals surface area contributed by atoms with E-state index >= 15 is 0 Å². The Morgan fingerprint density at radius 1 is 1.44 bits per heavy atom. The van der Waals surface area contributed by atoms with Crippen LogP contribution in [0.15, 0.2) is 12.1 Å². The Balaban J connectivity index is 2.36. The van der Waals surface area contributed by atoms with Crippen molar-refractivity contribution < 1.29 is 19.5 Å². The number of nitrogens with zero attached hydrogens (tertiary/aromatic N) is 1. The number of hydrogen-bond acceptors (Lipinski definition) is 5. The lowest BCUT2D eigenvalue weighted by Crippen LogP contribution is -1.95. The maximum atomic E-state index is 10.8. The molecule has 0 bridgehead atoms. The number of benzene rings is 1. The van der Waals surface area contributed by atoms with E-state index in [-0.39, 0.29) is 24.8 Å². The minimum Gasteiger partial charge on any atom is -0.453 e. The lowest BCUT2D eigenvalue weighted by molar-refractivity contribution is -0.385. The minimum absolute atomic E-state index is 0.0135. The monoisotopic (exact) mass is 225 g/mol. The fraction of sp³-hybridized carbons (Fsp3) is 0.400. The molecule has 6 heteroatoms. The third-order valence-electron chi connectivity index (χ3n) is 2.33. The lowest BCUT2D eigenvalue weighted by Gasteiger charge is -2.03. The van der Waals surface area contributed by atoms with Crippen molar-refractivity contribution in [2.75, 3.05) is 13.4 Å². The molecule has 0 saturated carbocycles. The van der Waals surface area contributed by atoms with Gasteiger partial charge in [-0.05, 0) is 24.5 Å². The van der Waals surface area contributed by atoms with Crippen LogP contribution in [-0.2, 0) is 6.42 Å². The summed E-state index contributed by atoms with van der Waals surface area (Å²) in [6.07, 6.45) is 1.14. The Kier molecular flexibility index (Phi) is 2.91. The van der Waals surface area contributed by atoms with E-state index < -0.39 is 4.92 Å². The first kappa shape index (κ1) is 10.7. The summed E-state index contributed by atoms with van der Waals surface area (Å²) in [6, 6.07) is 3.17. The van der Waals surface area contributed by atoms with Crippen LogP contribution in [-0.4, -0.2) is 23.4 Å². The van der Waals surface area contributed by atoms with Crippen LogP contribution < -0.4 is 9.47 Å². The third-order valence-corrected chi connectivity index (χ3v) is 2.33. The van der Waals surface area contributed by atoms with Crippen molar-refractivity contribution in [3.05, 3.63) is 27.8 Å². The van der Waals surface area contributed by atoms with E-state index in [1.807, 2.05) is 0 Å². The predicted octanol–water partition coefficient (Wildman–Crippen LogP) is 1.25. The van der Waals surface area contributed by atoms with Crippen LogP contribution in [0.5, 0.6) is 11.5 Å². The topological polar surface area (TPSA) is 81.8 Å². The van der Waals surface area contributed by atoms with E-state index in [2.05, 4.69) is 0 Å². The number of fused-ring (bicyclic) bond motifs is 1. The summed E-state index contributed by atoms with van der Waals surface area (Å²) in [7, 11) is 0. The highest BCUT2D eigenvalue weighted by Crippen LogP contribution is 2.41. The first-order valence-electron chi connectivity index (χ1n) is 4.90. The van der Waals surface area contributed by atoms with E-state index in [4.69, 9.17) is 14.6 Å². The Labute approximate surface area is 91.6 Å². The average molecular weight is 225 g/mol. The van der Waals surface area contributed by atoms with Crippen molar-refractivity contribution >= 4 is 5.69 Å². The van der Waals surface area contributed by atoms with Crippen molar-refractivity contribution in [2.45, 2.75) is 12.8 Å². The second-order valence-electron chi connectivity index (χ2n) is 3.43. The van der Waals surface area contributed by atoms with Crippen molar-refractivity contribution in [1.29, 1.82) is 0 Å².